The van der Waals surface area contributed by atoms with Crippen LogP contribution in [0, 0.1) is 0 Å². The van der Waals surface area contributed by atoms with Crippen molar-refractivity contribution >= 4 is 63.3 Å². The van der Waals surface area contributed by atoms with Gasteiger partial charge in [0.05, 0.1) is 11.5 Å². The Balaban J connectivity index is 1.48. The van der Waals surface area contributed by atoms with E-state index in [-0.39, 0.29) is 6.04 Å². The van der Waals surface area contributed by atoms with Gasteiger partial charge in [-0.2, -0.15) is 0 Å². The molecule has 6 aromatic rings. The molecule has 1 unspecified atom stereocenters. The minimum Gasteiger partial charge on any atom is -0.460 e. The summed E-state index contributed by atoms with van der Waals surface area (Å²) in [6.45, 7) is 0. The Morgan fingerprint density at radius 3 is 1.57 bits per heavy atom. The summed E-state index contributed by atoms with van der Waals surface area (Å²) >= 11 is 13.3. The van der Waals surface area contributed by atoms with E-state index in [4.69, 9.17) is 28.1 Å². The molecule has 1 aliphatic heterocycles. The van der Waals surface area contributed by atoms with Crippen LogP contribution in [0.3, 0.4) is 0 Å². The Morgan fingerprint density at radius 2 is 1.09 bits per heavy atom. The van der Waals surface area contributed by atoms with Crippen LogP contribution in [0.15, 0.2) is 176 Å². The van der Waals surface area contributed by atoms with Gasteiger partial charge in [-0.15, -0.1) is 0 Å². The molecule has 0 saturated carbocycles. The van der Waals surface area contributed by atoms with Crippen LogP contribution in [0.1, 0.15) is 23.6 Å². The molecule has 0 radical (unpaired) electrons. The third-order valence-corrected chi connectivity index (χ3v) is 16.1. The number of nitrogens with one attached hydrogen (secondary N) is 1. The fraction of sp³-hybridized carbons (Fsp3) is 0.0500. The molecular weight excluding hydrogens is 656 g/mol. The molecule has 3 nitrogen and oxygen atoms in total. The fourth-order valence-electron chi connectivity index (χ4n) is 6.21. The molecule has 7 heteroatoms. The summed E-state index contributed by atoms with van der Waals surface area (Å²) in [7, 11) is -3.46. The van der Waals surface area contributed by atoms with E-state index in [0.717, 1.165) is 32.3 Å². The van der Waals surface area contributed by atoms with Gasteiger partial charge in [-0.3, -0.25) is 5.09 Å². The molecule has 0 aromatic heterocycles. The van der Waals surface area contributed by atoms with Gasteiger partial charge in [0.15, 0.2) is 7.14 Å². The van der Waals surface area contributed by atoms with Crippen LogP contribution in [0.4, 0.5) is 0 Å². The highest BCUT2D eigenvalue weighted by atomic mass is 35.5. The lowest BCUT2D eigenvalue weighted by molar-refractivity contribution is 0.353. The van der Waals surface area contributed by atoms with Crippen LogP contribution in [0.5, 0.6) is 5.75 Å². The van der Waals surface area contributed by atoms with Gasteiger partial charge in [-0.1, -0.05) is 175 Å². The van der Waals surface area contributed by atoms with E-state index >= 15 is 4.57 Å². The molecule has 0 saturated heterocycles. The summed E-state index contributed by atoms with van der Waals surface area (Å²) in [4.78, 5) is 0. The smallest absolute Gasteiger partial charge is 0.174 e. The van der Waals surface area contributed by atoms with Crippen molar-refractivity contribution in [3.05, 3.63) is 192 Å². The van der Waals surface area contributed by atoms with Gasteiger partial charge in [0.1, 0.15) is 11.5 Å². The fourth-order valence-corrected chi connectivity index (χ4v) is 12.9. The zero-order valence-corrected chi connectivity index (χ0v) is 28.8. The minimum atomic E-state index is -3.46. The Labute approximate surface area is 286 Å². The Kier molecular flexibility index (Phi) is 9.15. The molecule has 1 atom stereocenters. The van der Waals surface area contributed by atoms with Crippen LogP contribution in [0.2, 0.25) is 5.02 Å². The number of benzene rings is 6. The zero-order valence-electron chi connectivity index (χ0n) is 25.4. The third-order valence-electron chi connectivity index (χ3n) is 8.41. The second-order valence-electron chi connectivity index (χ2n) is 11.4. The van der Waals surface area contributed by atoms with Crippen molar-refractivity contribution in [2.75, 3.05) is 0 Å². The lowest BCUT2D eigenvalue weighted by atomic mass is 9.98. The molecule has 0 spiro atoms. The molecule has 0 fully saturated rings. The first-order chi connectivity index (χ1) is 23.0. The largest absolute Gasteiger partial charge is 0.460 e. The van der Waals surface area contributed by atoms with E-state index in [1.807, 2.05) is 146 Å². The summed E-state index contributed by atoms with van der Waals surface area (Å²) in [5.74, 6) is 1.30. The number of hydrogen-bond donors (Lipinski definition) is 1. The standard InChI is InChI=1S/C40H32ClNO2P2S/c41-31-26-27-38-36(28-31)37(42-46(47,34-22-12-4-13-23-34)35-24-14-5-15-25-35)29-39(44-38)40(30-16-6-1-7-17-30)45(43,32-18-8-2-9-19-32)33-20-10-3-11-21-33/h1-28,37H,29H2,(H,42,47)/b40-39+. The topological polar surface area (TPSA) is 38.3 Å². The molecular formula is C40H32ClNO2P2S. The summed E-state index contributed by atoms with van der Waals surface area (Å²) in [5.41, 5.74) is 1.77. The van der Waals surface area contributed by atoms with Gasteiger partial charge >= 0.3 is 0 Å². The Morgan fingerprint density at radius 1 is 0.638 bits per heavy atom. The van der Waals surface area contributed by atoms with Gasteiger partial charge < -0.3 is 9.30 Å². The summed E-state index contributed by atoms with van der Waals surface area (Å²) < 4.78 is 22.9. The number of halogens is 1. The molecule has 7 rings (SSSR count). The highest BCUT2D eigenvalue weighted by molar-refractivity contribution is 8.20. The maximum Gasteiger partial charge on any atom is 0.174 e. The molecule has 1 heterocycles. The Hall–Kier alpha value is -4.01. The molecule has 6 aromatic carbocycles. The van der Waals surface area contributed by atoms with E-state index in [1.165, 1.54) is 0 Å². The first kappa shape index (κ1) is 31.6. The normalized spacial score (nSPS) is 15.7. The molecule has 0 aliphatic carbocycles. The van der Waals surface area contributed by atoms with Crippen molar-refractivity contribution < 1.29 is 9.30 Å². The van der Waals surface area contributed by atoms with Crippen LogP contribution < -0.4 is 31.0 Å². The van der Waals surface area contributed by atoms with E-state index in [0.29, 0.717) is 28.3 Å². The molecule has 1 N–H and O–H groups in total. The molecule has 0 bridgehead atoms. The van der Waals surface area contributed by atoms with Gasteiger partial charge in [0.25, 0.3) is 0 Å². The van der Waals surface area contributed by atoms with E-state index in [1.54, 1.807) is 0 Å². The zero-order chi connectivity index (χ0) is 32.3. The molecule has 232 valence electrons. The van der Waals surface area contributed by atoms with Crippen molar-refractivity contribution in [1.82, 2.24) is 5.09 Å². The first-order valence-corrected chi connectivity index (χ1v) is 20.3. The van der Waals surface area contributed by atoms with Gasteiger partial charge in [-0.05, 0) is 23.8 Å². The van der Waals surface area contributed by atoms with Gasteiger partial charge in [0.2, 0.25) is 0 Å². The van der Waals surface area contributed by atoms with E-state index in [2.05, 4.69) is 29.4 Å². The summed E-state index contributed by atoms with van der Waals surface area (Å²) in [6.07, 6.45) is -2.14. The SMILES string of the molecule is O=P(/C(=C1\CC(NP(=S)(c2ccccc2)c2ccccc2)c2cc(Cl)ccc2O1)c1ccccc1)(c1ccccc1)c1ccccc1. The van der Waals surface area contributed by atoms with Crippen molar-refractivity contribution in [2.24, 2.45) is 0 Å². The van der Waals surface area contributed by atoms with Crippen LogP contribution >= 0.6 is 24.9 Å². The van der Waals surface area contributed by atoms with Crippen LogP contribution in [0.25, 0.3) is 5.31 Å². The summed E-state index contributed by atoms with van der Waals surface area (Å²) in [5, 5.41) is 8.87. The van der Waals surface area contributed by atoms with E-state index < -0.39 is 13.3 Å². The predicted octanol–water partition coefficient (Wildman–Crippen LogP) is 9.18. The maximum atomic E-state index is 16.0. The predicted molar refractivity (Wildman–Crippen MR) is 202 cm³/mol. The number of hydrogen-bond acceptors (Lipinski definition) is 3. The van der Waals surface area contributed by atoms with Crippen molar-refractivity contribution in [3.8, 4) is 5.75 Å². The van der Waals surface area contributed by atoms with Gasteiger partial charge in [0, 0.05) is 44.3 Å². The minimum absolute atomic E-state index is 0.280. The van der Waals surface area contributed by atoms with Crippen LogP contribution in [-0.2, 0) is 16.4 Å². The lowest BCUT2D eigenvalue weighted by Crippen LogP contribution is -2.33. The highest BCUT2D eigenvalue weighted by Gasteiger charge is 2.40. The summed E-state index contributed by atoms with van der Waals surface area (Å²) in [6, 6.07) is 55.4. The van der Waals surface area contributed by atoms with Crippen LogP contribution in [-0.4, -0.2) is 0 Å². The van der Waals surface area contributed by atoms with Crippen molar-refractivity contribution in [2.45, 2.75) is 12.5 Å². The second kappa shape index (κ2) is 13.6. The monoisotopic (exact) mass is 687 g/mol. The highest BCUT2D eigenvalue weighted by Crippen LogP contribution is 2.60. The number of fused-ring (bicyclic) bond motifs is 1. The third kappa shape index (κ3) is 6.21. The van der Waals surface area contributed by atoms with E-state index in [9.17, 15) is 0 Å². The Bertz CT molecular complexity index is 2040. The second-order valence-corrected chi connectivity index (χ2v) is 18.7. The number of ether oxygens (including phenoxy) is 1. The maximum absolute atomic E-state index is 16.0. The van der Waals surface area contributed by atoms with Crippen molar-refractivity contribution in [3.63, 3.8) is 0 Å². The first-order valence-electron chi connectivity index (χ1n) is 15.4. The molecule has 47 heavy (non-hydrogen) atoms. The average molecular weight is 688 g/mol. The number of rotatable bonds is 8. The molecule has 0 amide bonds. The van der Waals surface area contributed by atoms with Crippen molar-refractivity contribution in [1.29, 1.82) is 0 Å². The van der Waals surface area contributed by atoms with Gasteiger partial charge in [-0.25, -0.2) is 0 Å². The lowest BCUT2D eigenvalue weighted by Gasteiger charge is -2.36. The molecule has 1 aliphatic rings. The average Bonchev–Trinajstić information content (AvgIpc) is 3.14. The quantitative estimate of drug-likeness (QED) is 0.162.